The van der Waals surface area contributed by atoms with Gasteiger partial charge in [-0.05, 0) is 82.9 Å². The normalized spacial score (nSPS) is 15.8. The fraction of sp³-hybridized carbons (Fsp3) is 0.143. The maximum atomic E-state index is 6.44. The monoisotopic (exact) mass is 582 g/mol. The fourth-order valence-corrected chi connectivity index (χ4v) is 7.93. The fourth-order valence-electron chi connectivity index (χ4n) is 7.93. The molecule has 0 aliphatic carbocycles. The van der Waals surface area contributed by atoms with Gasteiger partial charge in [0.1, 0.15) is 11.2 Å². The Balaban J connectivity index is 1.25. The maximum Gasteiger partial charge on any atom is 0.135 e. The van der Waals surface area contributed by atoms with Crippen LogP contribution in [-0.4, -0.2) is 0 Å². The van der Waals surface area contributed by atoms with E-state index in [2.05, 4.69) is 171 Å². The molecular formula is C42H34N2O. The Kier molecular flexibility index (Phi) is 5.30. The second-order valence-corrected chi connectivity index (χ2v) is 13.5. The van der Waals surface area contributed by atoms with Crippen molar-refractivity contribution in [3.63, 3.8) is 0 Å². The first-order valence-electron chi connectivity index (χ1n) is 15.8. The van der Waals surface area contributed by atoms with E-state index in [4.69, 9.17) is 4.42 Å². The largest absolute Gasteiger partial charge is 0.456 e. The molecule has 218 valence electrons. The summed E-state index contributed by atoms with van der Waals surface area (Å²) in [4.78, 5) is 4.83. The van der Waals surface area contributed by atoms with Gasteiger partial charge in [-0.2, -0.15) is 0 Å². The molecule has 0 unspecified atom stereocenters. The van der Waals surface area contributed by atoms with E-state index in [9.17, 15) is 0 Å². The Labute approximate surface area is 264 Å². The topological polar surface area (TPSA) is 19.6 Å². The average Bonchev–Trinajstić information content (AvgIpc) is 3.43. The summed E-state index contributed by atoms with van der Waals surface area (Å²) in [6, 6.07) is 48.5. The van der Waals surface area contributed by atoms with Gasteiger partial charge in [-0.15, -0.1) is 0 Å². The van der Waals surface area contributed by atoms with E-state index in [0.717, 1.165) is 33.3 Å². The molecule has 0 amide bonds. The van der Waals surface area contributed by atoms with E-state index >= 15 is 0 Å². The highest BCUT2D eigenvalue weighted by Gasteiger charge is 2.38. The van der Waals surface area contributed by atoms with Crippen LogP contribution >= 0.6 is 0 Å². The lowest BCUT2D eigenvalue weighted by molar-refractivity contribution is 0.632. The van der Waals surface area contributed by atoms with Crippen LogP contribution in [0.5, 0.6) is 0 Å². The summed E-state index contributed by atoms with van der Waals surface area (Å²) < 4.78 is 6.44. The van der Waals surface area contributed by atoms with Gasteiger partial charge in [0.2, 0.25) is 0 Å². The second-order valence-electron chi connectivity index (χ2n) is 13.5. The van der Waals surface area contributed by atoms with Gasteiger partial charge in [0.25, 0.3) is 0 Å². The highest BCUT2D eigenvalue weighted by molar-refractivity contribution is 6.08. The Hall–Kier alpha value is -5.28. The number of fused-ring (bicyclic) bond motifs is 7. The summed E-state index contributed by atoms with van der Waals surface area (Å²) in [7, 11) is 0. The molecule has 3 nitrogen and oxygen atoms in total. The number of para-hydroxylation sites is 4. The molecule has 9 rings (SSSR count). The number of rotatable bonds is 2. The van der Waals surface area contributed by atoms with Gasteiger partial charge in [-0.25, -0.2) is 0 Å². The van der Waals surface area contributed by atoms with Crippen LogP contribution in [0.2, 0.25) is 0 Å². The Bertz CT molecular complexity index is 2050. The predicted octanol–water partition coefficient (Wildman–Crippen LogP) is 11.8. The molecule has 0 fully saturated rings. The van der Waals surface area contributed by atoms with Crippen molar-refractivity contribution in [1.29, 1.82) is 0 Å². The van der Waals surface area contributed by atoms with Gasteiger partial charge in [-0.3, -0.25) is 0 Å². The smallest absolute Gasteiger partial charge is 0.135 e. The maximum absolute atomic E-state index is 6.44. The zero-order valence-corrected chi connectivity index (χ0v) is 26.0. The molecule has 3 heteroatoms. The van der Waals surface area contributed by atoms with Gasteiger partial charge >= 0.3 is 0 Å². The zero-order chi connectivity index (χ0) is 30.5. The van der Waals surface area contributed by atoms with Crippen molar-refractivity contribution in [2.24, 2.45) is 0 Å². The van der Waals surface area contributed by atoms with E-state index < -0.39 is 0 Å². The molecule has 0 saturated heterocycles. The van der Waals surface area contributed by atoms with Crippen LogP contribution in [0, 0.1) is 0 Å². The van der Waals surface area contributed by atoms with Gasteiger partial charge in [0.15, 0.2) is 0 Å². The van der Waals surface area contributed by atoms with Gasteiger partial charge in [-0.1, -0.05) is 100 Å². The highest BCUT2D eigenvalue weighted by atomic mass is 16.3. The van der Waals surface area contributed by atoms with Gasteiger partial charge in [0, 0.05) is 33.0 Å². The van der Waals surface area contributed by atoms with E-state index in [1.165, 1.54) is 45.0 Å². The molecule has 2 aliphatic rings. The molecule has 0 spiro atoms. The minimum Gasteiger partial charge on any atom is -0.456 e. The summed E-state index contributed by atoms with van der Waals surface area (Å²) in [6.45, 7) is 9.31. The third-order valence-corrected chi connectivity index (χ3v) is 10.2. The van der Waals surface area contributed by atoms with E-state index in [-0.39, 0.29) is 10.8 Å². The lowest BCUT2D eigenvalue weighted by Crippen LogP contribution is -2.30. The number of hydrogen-bond acceptors (Lipinski definition) is 3. The Morgan fingerprint density at radius 2 is 0.711 bits per heavy atom. The molecule has 6 aromatic carbocycles. The minimum atomic E-state index is -0.0966. The van der Waals surface area contributed by atoms with Crippen molar-refractivity contribution in [1.82, 2.24) is 0 Å². The highest BCUT2D eigenvalue weighted by Crippen LogP contribution is 2.54. The SMILES string of the molecule is CC1(C)c2ccccc2N(c2ccc3oc4ccc(N5c6ccccc6C(C)(C)c6ccccc65)cc4c3c2)c2ccccc21. The molecule has 3 heterocycles. The standard InChI is InChI=1S/C42H34N2O/c1-41(2)31-13-5-9-17-35(31)43(36-18-10-6-14-32(36)41)27-21-23-39-29(25-27)30-26-28(22-24-40(30)45-39)44-37-19-11-7-15-33(37)42(3,4)34-16-8-12-20-38(34)44/h5-26H,1-4H3. The van der Waals surface area contributed by atoms with Crippen molar-refractivity contribution >= 4 is 56.1 Å². The van der Waals surface area contributed by atoms with Crippen LogP contribution < -0.4 is 9.80 Å². The minimum absolute atomic E-state index is 0.0966. The quantitative estimate of drug-likeness (QED) is 0.202. The summed E-state index contributed by atoms with van der Waals surface area (Å²) >= 11 is 0. The lowest BCUT2D eigenvalue weighted by atomic mass is 9.73. The van der Waals surface area contributed by atoms with E-state index in [1.54, 1.807) is 0 Å². The van der Waals surface area contributed by atoms with E-state index in [0.29, 0.717) is 0 Å². The third-order valence-electron chi connectivity index (χ3n) is 10.2. The summed E-state index contributed by atoms with van der Waals surface area (Å²) in [5.41, 5.74) is 14.0. The third kappa shape index (κ3) is 3.58. The number of benzene rings is 6. The lowest BCUT2D eigenvalue weighted by Gasteiger charge is -2.42. The first-order chi connectivity index (χ1) is 21.8. The van der Waals surface area contributed by atoms with Crippen molar-refractivity contribution in [2.45, 2.75) is 38.5 Å². The number of anilines is 6. The van der Waals surface area contributed by atoms with Crippen molar-refractivity contribution in [3.05, 3.63) is 156 Å². The van der Waals surface area contributed by atoms with Crippen LogP contribution in [0.15, 0.2) is 138 Å². The molecule has 2 aliphatic heterocycles. The molecule has 7 aromatic rings. The van der Waals surface area contributed by atoms with Crippen LogP contribution in [0.3, 0.4) is 0 Å². The summed E-state index contributed by atoms with van der Waals surface area (Å²) in [6.07, 6.45) is 0. The zero-order valence-electron chi connectivity index (χ0n) is 26.0. The Morgan fingerprint density at radius 3 is 1.04 bits per heavy atom. The van der Waals surface area contributed by atoms with Crippen LogP contribution in [0.4, 0.5) is 34.1 Å². The molecule has 45 heavy (non-hydrogen) atoms. The first-order valence-corrected chi connectivity index (χ1v) is 15.8. The predicted molar refractivity (Wildman–Crippen MR) is 187 cm³/mol. The molecule has 0 atom stereocenters. The van der Waals surface area contributed by atoms with Crippen molar-refractivity contribution in [2.75, 3.05) is 9.80 Å². The molecular weight excluding hydrogens is 548 g/mol. The number of furan rings is 1. The van der Waals surface area contributed by atoms with Gasteiger partial charge in [0.05, 0.1) is 22.7 Å². The van der Waals surface area contributed by atoms with Crippen molar-refractivity contribution in [3.8, 4) is 0 Å². The second kappa shape index (κ2) is 9.12. The summed E-state index contributed by atoms with van der Waals surface area (Å²) in [5, 5.41) is 2.23. The van der Waals surface area contributed by atoms with Crippen LogP contribution in [-0.2, 0) is 10.8 Å². The molecule has 0 radical (unpaired) electrons. The average molecular weight is 583 g/mol. The number of nitrogens with zero attached hydrogens (tertiary/aromatic N) is 2. The van der Waals surface area contributed by atoms with Crippen molar-refractivity contribution < 1.29 is 4.42 Å². The van der Waals surface area contributed by atoms with Crippen LogP contribution in [0.25, 0.3) is 21.9 Å². The molecule has 0 saturated carbocycles. The molecule has 0 N–H and O–H groups in total. The number of hydrogen-bond donors (Lipinski definition) is 0. The summed E-state index contributed by atoms with van der Waals surface area (Å²) in [5.74, 6) is 0. The van der Waals surface area contributed by atoms with Crippen LogP contribution in [0.1, 0.15) is 49.9 Å². The molecule has 0 bridgehead atoms. The van der Waals surface area contributed by atoms with Gasteiger partial charge < -0.3 is 14.2 Å². The Morgan fingerprint density at radius 1 is 0.400 bits per heavy atom. The van der Waals surface area contributed by atoms with E-state index in [1.807, 2.05) is 0 Å². The first kappa shape index (κ1) is 26.2. The molecule has 1 aromatic heterocycles.